The third kappa shape index (κ3) is 5.98. The molecule has 1 aliphatic rings. The maximum Gasteiger partial charge on any atom is 0.204 e. The van der Waals surface area contributed by atoms with Crippen molar-refractivity contribution in [1.29, 1.82) is 0 Å². The van der Waals surface area contributed by atoms with Crippen molar-refractivity contribution in [3.63, 3.8) is 0 Å². The molecule has 0 N–H and O–H groups in total. The summed E-state index contributed by atoms with van der Waals surface area (Å²) >= 11 is 0. The minimum atomic E-state index is -0.999. The summed E-state index contributed by atoms with van der Waals surface area (Å²) in [5, 5.41) is 0. The van der Waals surface area contributed by atoms with Gasteiger partial charge in [-0.2, -0.15) is 8.78 Å². The Bertz CT molecular complexity index is 552. The van der Waals surface area contributed by atoms with E-state index in [1.54, 1.807) is 6.92 Å². The highest BCUT2D eigenvalue weighted by Gasteiger charge is 2.21. The van der Waals surface area contributed by atoms with Crippen LogP contribution in [0.5, 0.6) is 11.5 Å². The van der Waals surface area contributed by atoms with E-state index < -0.39 is 11.6 Å². The largest absolute Gasteiger partial charge is 0.491 e. The Balaban J connectivity index is 1.78. The molecule has 0 saturated heterocycles. The van der Waals surface area contributed by atoms with Crippen molar-refractivity contribution in [2.24, 2.45) is 11.8 Å². The summed E-state index contributed by atoms with van der Waals surface area (Å²) in [4.78, 5) is 0. The van der Waals surface area contributed by atoms with Crippen LogP contribution in [0, 0.1) is 23.5 Å². The van der Waals surface area contributed by atoms with Gasteiger partial charge in [0.1, 0.15) is 0 Å². The highest BCUT2D eigenvalue weighted by molar-refractivity contribution is 5.35. The van der Waals surface area contributed by atoms with Crippen molar-refractivity contribution in [1.82, 2.24) is 0 Å². The number of allylic oxidation sites excluding steroid dienone is 2. The van der Waals surface area contributed by atoms with Crippen molar-refractivity contribution in [2.45, 2.75) is 45.4 Å². The molecule has 1 aliphatic carbocycles. The van der Waals surface area contributed by atoms with Gasteiger partial charge in [0.2, 0.25) is 11.6 Å². The number of benzene rings is 1. The minimum Gasteiger partial charge on any atom is -0.491 e. The Kier molecular flexibility index (Phi) is 8.16. The lowest BCUT2D eigenvalue weighted by Crippen LogP contribution is -2.19. The van der Waals surface area contributed by atoms with Crippen molar-refractivity contribution in [2.75, 3.05) is 19.9 Å². The van der Waals surface area contributed by atoms with Crippen LogP contribution in [0.3, 0.4) is 0 Å². The van der Waals surface area contributed by atoms with E-state index in [0.29, 0.717) is 24.9 Å². The zero-order valence-corrected chi connectivity index (χ0v) is 14.8. The van der Waals surface area contributed by atoms with Gasteiger partial charge in [0.05, 0.1) is 19.9 Å². The van der Waals surface area contributed by atoms with Gasteiger partial charge in [-0.25, -0.2) is 0 Å². The smallest absolute Gasteiger partial charge is 0.204 e. The Hall–Kier alpha value is -1.65. The van der Waals surface area contributed by atoms with E-state index in [1.807, 2.05) is 0 Å². The maximum atomic E-state index is 14.0. The molecule has 1 aromatic rings. The molecular formula is C20H27F3O2. The first-order chi connectivity index (χ1) is 12.2. The highest BCUT2D eigenvalue weighted by atomic mass is 19.2. The van der Waals surface area contributed by atoms with Crippen molar-refractivity contribution in [3.05, 3.63) is 35.9 Å². The van der Waals surface area contributed by atoms with Crippen LogP contribution >= 0.6 is 0 Å². The van der Waals surface area contributed by atoms with Crippen molar-refractivity contribution < 1.29 is 22.6 Å². The second kappa shape index (κ2) is 10.4. The lowest BCUT2D eigenvalue weighted by Gasteiger charge is -2.26. The lowest BCUT2D eigenvalue weighted by molar-refractivity contribution is 0.187. The van der Waals surface area contributed by atoms with E-state index in [4.69, 9.17) is 9.47 Å². The molecule has 2 rings (SSSR count). The summed E-state index contributed by atoms with van der Waals surface area (Å²) in [6.45, 7) is 2.12. The molecule has 1 fully saturated rings. The highest BCUT2D eigenvalue weighted by Crippen LogP contribution is 2.32. The Morgan fingerprint density at radius 2 is 1.68 bits per heavy atom. The Labute approximate surface area is 148 Å². The predicted molar refractivity (Wildman–Crippen MR) is 92.8 cm³/mol. The van der Waals surface area contributed by atoms with Crippen LogP contribution in [0.2, 0.25) is 0 Å². The monoisotopic (exact) mass is 356 g/mol. The molecule has 0 amide bonds. The molecule has 25 heavy (non-hydrogen) atoms. The second-order valence-electron chi connectivity index (χ2n) is 6.47. The minimum absolute atomic E-state index is 0.0609. The molecule has 0 aromatic heterocycles. The molecule has 0 atom stereocenters. The van der Waals surface area contributed by atoms with Gasteiger partial charge in [-0.15, -0.1) is 0 Å². The summed E-state index contributed by atoms with van der Waals surface area (Å²) in [5.41, 5.74) is 0. The predicted octanol–water partition coefficient (Wildman–Crippen LogP) is 5.85. The number of unbranched alkanes of at least 4 members (excludes halogenated alkanes) is 1. The van der Waals surface area contributed by atoms with E-state index in [9.17, 15) is 13.2 Å². The van der Waals surface area contributed by atoms with Crippen LogP contribution in [0.1, 0.15) is 45.4 Å². The van der Waals surface area contributed by atoms with Crippen molar-refractivity contribution >= 4 is 0 Å². The first-order valence-corrected chi connectivity index (χ1v) is 9.11. The number of hydrogen-bond donors (Lipinski definition) is 0. The molecule has 0 spiro atoms. The average molecular weight is 356 g/mol. The van der Waals surface area contributed by atoms with E-state index in [1.165, 1.54) is 12.1 Å². The van der Waals surface area contributed by atoms with Crippen LogP contribution < -0.4 is 9.47 Å². The average Bonchev–Trinajstić information content (AvgIpc) is 2.63. The third-order valence-corrected chi connectivity index (χ3v) is 4.59. The summed E-state index contributed by atoms with van der Waals surface area (Å²) in [5.74, 6) is -1.25. The standard InChI is InChI=1S/C20H27F3O2/c1-2-24-17-11-12-18(20(23)19(17)22)25-14-16-9-7-15(8-10-16)6-4-3-5-13-21/h4,6,11-12,15-16H,2-3,5,7-10,13-14H2,1H3/b6-4+. The van der Waals surface area contributed by atoms with Crippen LogP contribution in [-0.4, -0.2) is 19.9 Å². The molecule has 0 bridgehead atoms. The first kappa shape index (κ1) is 19.7. The molecule has 1 saturated carbocycles. The summed E-state index contributed by atoms with van der Waals surface area (Å²) < 4.78 is 50.4. The van der Waals surface area contributed by atoms with Crippen LogP contribution in [0.25, 0.3) is 0 Å². The van der Waals surface area contributed by atoms with E-state index in [-0.39, 0.29) is 24.8 Å². The number of hydrogen-bond acceptors (Lipinski definition) is 2. The lowest BCUT2D eigenvalue weighted by atomic mass is 9.82. The zero-order chi connectivity index (χ0) is 18.1. The normalized spacial score (nSPS) is 20.8. The third-order valence-electron chi connectivity index (χ3n) is 4.59. The summed E-state index contributed by atoms with van der Waals surface area (Å²) in [6.07, 6.45) is 9.75. The summed E-state index contributed by atoms with van der Waals surface area (Å²) in [7, 11) is 0. The first-order valence-electron chi connectivity index (χ1n) is 9.11. The van der Waals surface area contributed by atoms with E-state index in [2.05, 4.69) is 12.2 Å². The van der Waals surface area contributed by atoms with E-state index in [0.717, 1.165) is 32.1 Å². The van der Waals surface area contributed by atoms with Gasteiger partial charge in [0.25, 0.3) is 0 Å². The van der Waals surface area contributed by atoms with Gasteiger partial charge in [-0.3, -0.25) is 4.39 Å². The molecule has 140 valence electrons. The van der Waals surface area contributed by atoms with Gasteiger partial charge in [0, 0.05) is 0 Å². The van der Waals surface area contributed by atoms with E-state index >= 15 is 0 Å². The molecule has 2 nitrogen and oxygen atoms in total. The van der Waals surface area contributed by atoms with Crippen LogP contribution in [0.4, 0.5) is 13.2 Å². The Morgan fingerprint density at radius 3 is 2.28 bits per heavy atom. The quantitative estimate of drug-likeness (QED) is 0.408. The molecular weight excluding hydrogens is 329 g/mol. The van der Waals surface area contributed by atoms with Gasteiger partial charge >= 0.3 is 0 Å². The number of alkyl halides is 1. The molecule has 0 heterocycles. The zero-order valence-electron chi connectivity index (χ0n) is 14.8. The topological polar surface area (TPSA) is 18.5 Å². The van der Waals surface area contributed by atoms with Crippen LogP contribution in [-0.2, 0) is 0 Å². The molecule has 0 unspecified atom stereocenters. The number of ether oxygens (including phenoxy) is 2. The fourth-order valence-electron chi connectivity index (χ4n) is 3.13. The fraction of sp³-hybridized carbons (Fsp3) is 0.600. The van der Waals surface area contributed by atoms with Gasteiger partial charge in [0.15, 0.2) is 11.5 Å². The number of halogens is 3. The molecule has 0 radical (unpaired) electrons. The number of rotatable bonds is 9. The van der Waals surface area contributed by atoms with Crippen LogP contribution in [0.15, 0.2) is 24.3 Å². The fourth-order valence-corrected chi connectivity index (χ4v) is 3.13. The maximum absolute atomic E-state index is 14.0. The molecule has 0 aliphatic heterocycles. The Morgan fingerprint density at radius 1 is 1.04 bits per heavy atom. The molecule has 1 aromatic carbocycles. The summed E-state index contributed by atoms with van der Waals surface area (Å²) in [6, 6.07) is 2.82. The van der Waals surface area contributed by atoms with Gasteiger partial charge in [-0.05, 0) is 69.4 Å². The van der Waals surface area contributed by atoms with Gasteiger partial charge in [-0.1, -0.05) is 12.2 Å². The van der Waals surface area contributed by atoms with Crippen molar-refractivity contribution in [3.8, 4) is 11.5 Å². The van der Waals surface area contributed by atoms with Gasteiger partial charge < -0.3 is 9.47 Å². The SMILES string of the molecule is CCOc1ccc(OCC2CCC(/C=C/CCCF)CC2)c(F)c1F. The molecule has 5 heteroatoms. The second-order valence-corrected chi connectivity index (χ2v) is 6.47.